The molecule has 0 bridgehead atoms. The molecule has 0 aliphatic heterocycles. The van der Waals surface area contributed by atoms with Gasteiger partial charge in [-0.3, -0.25) is 0 Å². The van der Waals surface area contributed by atoms with Gasteiger partial charge >= 0.3 is 0 Å². The van der Waals surface area contributed by atoms with Gasteiger partial charge in [-0.1, -0.05) is 30.3 Å². The van der Waals surface area contributed by atoms with E-state index in [0.29, 0.717) is 12.0 Å². The van der Waals surface area contributed by atoms with Crippen LogP contribution in [0.5, 0.6) is 0 Å². The third-order valence-electron chi connectivity index (χ3n) is 2.50. The van der Waals surface area contributed by atoms with E-state index < -0.39 is 5.67 Å². The molecule has 1 fully saturated rings. The average molecular weight is 166 g/mol. The summed E-state index contributed by atoms with van der Waals surface area (Å²) in [5.74, 6) is -0.181. The molecule has 0 spiro atoms. The van der Waals surface area contributed by atoms with Crippen molar-refractivity contribution in [2.45, 2.75) is 12.1 Å². The molecule has 2 rings (SSSR count). The van der Waals surface area contributed by atoms with E-state index in [9.17, 15) is 4.39 Å². The maximum atomic E-state index is 13.7. The van der Waals surface area contributed by atoms with Gasteiger partial charge in [0.1, 0.15) is 5.67 Å². The maximum absolute atomic E-state index is 13.7. The topological polar surface area (TPSA) is 20.2 Å². The number of alkyl halides is 1. The van der Waals surface area contributed by atoms with E-state index in [0.717, 1.165) is 0 Å². The average Bonchev–Trinajstić information content (AvgIpc) is 2.81. The van der Waals surface area contributed by atoms with Crippen molar-refractivity contribution in [3.63, 3.8) is 0 Å². The lowest BCUT2D eigenvalue weighted by Crippen LogP contribution is -2.04. The lowest BCUT2D eigenvalue weighted by Gasteiger charge is -2.05. The second-order valence-electron chi connectivity index (χ2n) is 3.31. The van der Waals surface area contributed by atoms with E-state index >= 15 is 0 Å². The van der Waals surface area contributed by atoms with Gasteiger partial charge in [-0.15, -0.1) is 0 Å². The normalized spacial score (nSPS) is 33.3. The van der Waals surface area contributed by atoms with Crippen molar-refractivity contribution < 1.29 is 9.50 Å². The van der Waals surface area contributed by atoms with E-state index in [-0.39, 0.29) is 12.5 Å². The summed E-state index contributed by atoms with van der Waals surface area (Å²) in [6.07, 6.45) is 0.466. The molecule has 1 nitrogen and oxygen atoms in total. The standard InChI is InChI=1S/C10H11FO/c11-10(6-9(10)7-12)8-4-2-1-3-5-8/h1-5,9,12H,6-7H2/t9-,10-/m0/s1. The summed E-state index contributed by atoms with van der Waals surface area (Å²) in [7, 11) is 0. The lowest BCUT2D eigenvalue weighted by molar-refractivity contribution is 0.212. The highest BCUT2D eigenvalue weighted by atomic mass is 19.1. The van der Waals surface area contributed by atoms with Crippen molar-refractivity contribution in [3.8, 4) is 0 Å². The summed E-state index contributed by atoms with van der Waals surface area (Å²) < 4.78 is 13.7. The van der Waals surface area contributed by atoms with Gasteiger partial charge in [0.2, 0.25) is 0 Å². The predicted molar refractivity (Wildman–Crippen MR) is 44.4 cm³/mol. The predicted octanol–water partition coefficient (Wildman–Crippen LogP) is 1.86. The van der Waals surface area contributed by atoms with Gasteiger partial charge in [0.15, 0.2) is 0 Å². The summed E-state index contributed by atoms with van der Waals surface area (Å²) in [5, 5.41) is 8.76. The van der Waals surface area contributed by atoms with Crippen LogP contribution >= 0.6 is 0 Å². The number of aliphatic hydroxyl groups excluding tert-OH is 1. The van der Waals surface area contributed by atoms with Crippen LogP contribution in [-0.4, -0.2) is 11.7 Å². The summed E-state index contributed by atoms with van der Waals surface area (Å²) in [6.45, 7) is -0.0502. The van der Waals surface area contributed by atoms with Crippen molar-refractivity contribution >= 4 is 0 Å². The minimum absolute atomic E-state index is 0.0502. The van der Waals surface area contributed by atoms with E-state index in [4.69, 9.17) is 5.11 Å². The largest absolute Gasteiger partial charge is 0.396 e. The SMILES string of the molecule is OC[C@@H]1C[C@]1(F)c1ccccc1. The second kappa shape index (κ2) is 2.56. The number of aliphatic hydroxyl groups is 1. The molecule has 2 atom stereocenters. The highest BCUT2D eigenvalue weighted by Crippen LogP contribution is 2.55. The first-order chi connectivity index (χ1) is 5.77. The van der Waals surface area contributed by atoms with Crippen molar-refractivity contribution in [2.75, 3.05) is 6.61 Å². The van der Waals surface area contributed by atoms with Crippen LogP contribution in [-0.2, 0) is 5.67 Å². The Hall–Kier alpha value is -0.890. The van der Waals surface area contributed by atoms with E-state index in [1.165, 1.54) is 0 Å². The molecular weight excluding hydrogens is 155 g/mol. The van der Waals surface area contributed by atoms with Crippen LogP contribution in [0.25, 0.3) is 0 Å². The molecule has 2 heteroatoms. The quantitative estimate of drug-likeness (QED) is 0.711. The van der Waals surface area contributed by atoms with Crippen molar-refractivity contribution in [2.24, 2.45) is 5.92 Å². The minimum Gasteiger partial charge on any atom is -0.396 e. The van der Waals surface area contributed by atoms with E-state index in [2.05, 4.69) is 0 Å². The van der Waals surface area contributed by atoms with Gasteiger partial charge in [0.25, 0.3) is 0 Å². The van der Waals surface area contributed by atoms with Gasteiger partial charge in [-0.05, 0) is 12.0 Å². The fourth-order valence-corrected chi connectivity index (χ4v) is 1.58. The Morgan fingerprint density at radius 1 is 1.42 bits per heavy atom. The first kappa shape index (κ1) is 7.74. The van der Waals surface area contributed by atoms with Crippen LogP contribution < -0.4 is 0 Å². The van der Waals surface area contributed by atoms with E-state index in [1.807, 2.05) is 18.2 Å². The molecule has 1 aromatic rings. The Morgan fingerprint density at radius 3 is 2.58 bits per heavy atom. The molecule has 0 amide bonds. The third kappa shape index (κ3) is 1.03. The van der Waals surface area contributed by atoms with Crippen LogP contribution in [0.3, 0.4) is 0 Å². The number of rotatable bonds is 2. The Morgan fingerprint density at radius 2 is 2.08 bits per heavy atom. The summed E-state index contributed by atoms with van der Waals surface area (Å²) >= 11 is 0. The van der Waals surface area contributed by atoms with Crippen molar-refractivity contribution in [1.82, 2.24) is 0 Å². The lowest BCUT2D eigenvalue weighted by atomic mass is 10.1. The number of hydrogen-bond acceptors (Lipinski definition) is 1. The molecule has 1 saturated carbocycles. The minimum atomic E-state index is -1.24. The smallest absolute Gasteiger partial charge is 0.141 e. The summed E-state index contributed by atoms with van der Waals surface area (Å²) in [5.41, 5.74) is -0.542. The number of benzene rings is 1. The van der Waals surface area contributed by atoms with Crippen LogP contribution in [0.4, 0.5) is 4.39 Å². The first-order valence-corrected chi connectivity index (χ1v) is 4.12. The fraction of sp³-hybridized carbons (Fsp3) is 0.400. The highest BCUT2D eigenvalue weighted by molar-refractivity contribution is 5.29. The Kier molecular flexibility index (Phi) is 1.65. The fourth-order valence-electron chi connectivity index (χ4n) is 1.58. The molecule has 1 N–H and O–H groups in total. The van der Waals surface area contributed by atoms with Crippen molar-refractivity contribution in [3.05, 3.63) is 35.9 Å². The van der Waals surface area contributed by atoms with Gasteiger partial charge < -0.3 is 5.11 Å². The molecule has 64 valence electrons. The molecule has 0 radical (unpaired) electrons. The van der Waals surface area contributed by atoms with Crippen molar-refractivity contribution in [1.29, 1.82) is 0 Å². The van der Waals surface area contributed by atoms with Crippen LogP contribution in [0.1, 0.15) is 12.0 Å². The molecule has 1 aromatic carbocycles. The number of hydrogen-bond donors (Lipinski definition) is 1. The molecule has 1 aliphatic carbocycles. The monoisotopic (exact) mass is 166 g/mol. The van der Waals surface area contributed by atoms with Gasteiger partial charge in [-0.25, -0.2) is 4.39 Å². The van der Waals surface area contributed by atoms with Gasteiger partial charge in [0, 0.05) is 12.5 Å². The summed E-state index contributed by atoms with van der Waals surface area (Å²) in [4.78, 5) is 0. The Bertz CT molecular complexity index is 272. The highest BCUT2D eigenvalue weighted by Gasteiger charge is 2.56. The zero-order chi connectivity index (χ0) is 8.60. The second-order valence-corrected chi connectivity index (χ2v) is 3.31. The molecule has 0 unspecified atom stereocenters. The van der Waals surface area contributed by atoms with Gasteiger partial charge in [0.05, 0.1) is 0 Å². The number of halogens is 1. The molecular formula is C10H11FO. The molecule has 1 aliphatic rings. The summed E-state index contributed by atoms with van der Waals surface area (Å²) in [6, 6.07) is 9.06. The van der Waals surface area contributed by atoms with Crippen LogP contribution in [0.15, 0.2) is 30.3 Å². The molecule has 12 heavy (non-hydrogen) atoms. The van der Waals surface area contributed by atoms with Gasteiger partial charge in [-0.2, -0.15) is 0 Å². The zero-order valence-corrected chi connectivity index (χ0v) is 6.70. The first-order valence-electron chi connectivity index (χ1n) is 4.12. The Labute approximate surface area is 70.8 Å². The molecule has 0 heterocycles. The van der Waals surface area contributed by atoms with Crippen LogP contribution in [0.2, 0.25) is 0 Å². The third-order valence-corrected chi connectivity index (χ3v) is 2.50. The maximum Gasteiger partial charge on any atom is 0.141 e. The van der Waals surface area contributed by atoms with Crippen LogP contribution in [0, 0.1) is 5.92 Å². The zero-order valence-electron chi connectivity index (χ0n) is 6.70. The molecule has 0 aromatic heterocycles. The molecule has 0 saturated heterocycles. The van der Waals surface area contributed by atoms with E-state index in [1.54, 1.807) is 12.1 Å². The Balaban J connectivity index is 2.23.